The summed E-state index contributed by atoms with van der Waals surface area (Å²) < 4.78 is 5.26. The Morgan fingerprint density at radius 3 is 2.52 bits per heavy atom. The van der Waals surface area contributed by atoms with Gasteiger partial charge in [-0.3, -0.25) is 14.4 Å². The van der Waals surface area contributed by atoms with E-state index >= 15 is 0 Å². The van der Waals surface area contributed by atoms with Crippen LogP contribution in [0.4, 0.5) is 5.69 Å². The van der Waals surface area contributed by atoms with Gasteiger partial charge in [0.05, 0.1) is 19.7 Å². The number of rotatable bonds is 5. The summed E-state index contributed by atoms with van der Waals surface area (Å²) in [5.74, 6) is 0.433. The predicted octanol–water partition coefficient (Wildman–Crippen LogP) is 2.27. The van der Waals surface area contributed by atoms with Crippen molar-refractivity contribution < 1.29 is 19.1 Å². The van der Waals surface area contributed by atoms with Gasteiger partial charge in [0.2, 0.25) is 17.7 Å². The van der Waals surface area contributed by atoms with Gasteiger partial charge in [0.25, 0.3) is 0 Å². The van der Waals surface area contributed by atoms with Gasteiger partial charge in [0, 0.05) is 37.2 Å². The normalized spacial score (nSPS) is 21.5. The molecular formula is C24H27N3O4. The van der Waals surface area contributed by atoms with Crippen LogP contribution in [-0.2, 0) is 14.4 Å². The highest BCUT2D eigenvalue weighted by Gasteiger charge is 2.36. The lowest BCUT2D eigenvalue weighted by Crippen LogP contribution is -2.58. The molecule has 31 heavy (non-hydrogen) atoms. The number of amides is 3. The number of nitrogens with zero attached hydrogens (tertiary/aromatic N) is 3. The third-order valence-electron chi connectivity index (χ3n) is 6.02. The molecule has 2 atom stereocenters. The topological polar surface area (TPSA) is 70.2 Å². The number of likely N-dealkylation sites (tertiary alicyclic amines) is 1. The first-order valence-electron chi connectivity index (χ1n) is 10.5. The van der Waals surface area contributed by atoms with Gasteiger partial charge in [-0.1, -0.05) is 36.4 Å². The SMILES string of the molecule is COc1cccc(N2C(=O)CN(C(=O)CN3C[C@H](c4ccccc4)CC3=O)C[C@@H]2C)c1. The molecule has 0 N–H and O–H groups in total. The van der Waals surface area contributed by atoms with Crippen molar-refractivity contribution in [1.29, 1.82) is 0 Å². The molecule has 0 aromatic heterocycles. The molecule has 0 aliphatic carbocycles. The third-order valence-corrected chi connectivity index (χ3v) is 6.02. The Hall–Kier alpha value is -3.35. The summed E-state index contributed by atoms with van der Waals surface area (Å²) in [6.07, 6.45) is 0.413. The van der Waals surface area contributed by atoms with Gasteiger partial charge in [-0.15, -0.1) is 0 Å². The molecule has 2 heterocycles. The van der Waals surface area contributed by atoms with E-state index < -0.39 is 0 Å². The Balaban J connectivity index is 1.39. The van der Waals surface area contributed by atoms with E-state index in [0.717, 1.165) is 11.3 Å². The van der Waals surface area contributed by atoms with Crippen LogP contribution in [-0.4, -0.2) is 66.9 Å². The minimum absolute atomic E-state index is 0.00449. The van der Waals surface area contributed by atoms with Crippen LogP contribution in [0.5, 0.6) is 5.75 Å². The van der Waals surface area contributed by atoms with Gasteiger partial charge in [-0.2, -0.15) is 0 Å². The number of anilines is 1. The summed E-state index contributed by atoms with van der Waals surface area (Å²) in [4.78, 5) is 43.1. The quantitative estimate of drug-likeness (QED) is 0.743. The monoisotopic (exact) mass is 421 g/mol. The molecule has 162 valence electrons. The minimum Gasteiger partial charge on any atom is -0.497 e. The van der Waals surface area contributed by atoms with Crippen molar-refractivity contribution in [2.45, 2.75) is 25.3 Å². The standard InChI is InChI=1S/C24H27N3O4/c1-17-13-25(16-24(30)27(17)20-9-6-10-21(12-20)31-2)23(29)15-26-14-19(11-22(26)28)18-7-4-3-5-8-18/h3-10,12,17,19H,11,13-16H2,1-2H3/t17-,19+/m0/s1. The number of hydrogen-bond acceptors (Lipinski definition) is 4. The van der Waals surface area contributed by atoms with Crippen molar-refractivity contribution in [3.05, 3.63) is 60.2 Å². The zero-order valence-corrected chi connectivity index (χ0v) is 17.9. The Bertz CT molecular complexity index is 978. The van der Waals surface area contributed by atoms with Crippen molar-refractivity contribution in [3.8, 4) is 5.75 Å². The van der Waals surface area contributed by atoms with Gasteiger partial charge in [-0.25, -0.2) is 0 Å². The molecule has 0 spiro atoms. The minimum atomic E-state index is -0.187. The summed E-state index contributed by atoms with van der Waals surface area (Å²) >= 11 is 0. The van der Waals surface area contributed by atoms with Crippen molar-refractivity contribution >= 4 is 23.4 Å². The number of methoxy groups -OCH3 is 1. The van der Waals surface area contributed by atoms with Crippen LogP contribution in [0.2, 0.25) is 0 Å². The van der Waals surface area contributed by atoms with Crippen molar-refractivity contribution in [3.63, 3.8) is 0 Å². The van der Waals surface area contributed by atoms with E-state index in [-0.39, 0.29) is 42.8 Å². The molecule has 0 radical (unpaired) electrons. The second kappa shape index (κ2) is 8.79. The molecule has 3 amide bonds. The van der Waals surface area contributed by atoms with Crippen molar-refractivity contribution in [2.24, 2.45) is 0 Å². The van der Waals surface area contributed by atoms with Gasteiger partial charge in [-0.05, 0) is 24.6 Å². The molecule has 2 aliphatic rings. The maximum absolute atomic E-state index is 12.9. The highest BCUT2D eigenvalue weighted by Crippen LogP contribution is 2.29. The van der Waals surface area contributed by atoms with Crippen LogP contribution < -0.4 is 9.64 Å². The van der Waals surface area contributed by atoms with Crippen LogP contribution in [0.1, 0.15) is 24.8 Å². The fourth-order valence-electron chi connectivity index (χ4n) is 4.44. The van der Waals surface area contributed by atoms with E-state index in [1.807, 2.05) is 61.5 Å². The number of carbonyl (C=O) groups excluding carboxylic acids is 3. The second-order valence-corrected chi connectivity index (χ2v) is 8.17. The summed E-state index contributed by atoms with van der Waals surface area (Å²) in [7, 11) is 1.59. The van der Waals surface area contributed by atoms with E-state index in [0.29, 0.717) is 25.3 Å². The van der Waals surface area contributed by atoms with Gasteiger partial charge < -0.3 is 19.4 Å². The molecule has 2 aromatic rings. The third kappa shape index (κ3) is 4.40. The zero-order chi connectivity index (χ0) is 22.0. The summed E-state index contributed by atoms with van der Waals surface area (Å²) in [5, 5.41) is 0. The lowest BCUT2D eigenvalue weighted by molar-refractivity contribution is -0.141. The molecule has 2 fully saturated rings. The van der Waals surface area contributed by atoms with Crippen LogP contribution in [0.15, 0.2) is 54.6 Å². The average Bonchev–Trinajstić information content (AvgIpc) is 3.14. The first-order valence-corrected chi connectivity index (χ1v) is 10.5. The fraction of sp³-hybridized carbons (Fsp3) is 0.375. The number of carbonyl (C=O) groups is 3. The lowest BCUT2D eigenvalue weighted by atomic mass is 9.99. The maximum atomic E-state index is 12.9. The molecule has 4 rings (SSSR count). The Kier molecular flexibility index (Phi) is 5.93. The number of piperazine rings is 1. The average molecular weight is 421 g/mol. The molecule has 2 aliphatic heterocycles. The van der Waals surface area contributed by atoms with E-state index in [9.17, 15) is 14.4 Å². The molecular weight excluding hydrogens is 394 g/mol. The van der Waals surface area contributed by atoms with Gasteiger partial charge in [0.1, 0.15) is 12.3 Å². The summed E-state index contributed by atoms with van der Waals surface area (Å²) in [5.41, 5.74) is 1.87. The molecule has 0 unspecified atom stereocenters. The van der Waals surface area contributed by atoms with Crippen LogP contribution in [0.3, 0.4) is 0 Å². The second-order valence-electron chi connectivity index (χ2n) is 8.17. The maximum Gasteiger partial charge on any atom is 0.246 e. The van der Waals surface area contributed by atoms with E-state index in [2.05, 4.69) is 0 Å². The number of hydrogen-bond donors (Lipinski definition) is 0. The fourth-order valence-corrected chi connectivity index (χ4v) is 4.44. The molecule has 0 bridgehead atoms. The molecule has 7 heteroatoms. The van der Waals surface area contributed by atoms with E-state index in [1.54, 1.807) is 21.8 Å². The van der Waals surface area contributed by atoms with Crippen LogP contribution >= 0.6 is 0 Å². The van der Waals surface area contributed by atoms with Gasteiger partial charge in [0.15, 0.2) is 0 Å². The number of ether oxygens (including phenoxy) is 1. The van der Waals surface area contributed by atoms with Gasteiger partial charge >= 0.3 is 0 Å². The van der Waals surface area contributed by atoms with Crippen LogP contribution in [0.25, 0.3) is 0 Å². The Morgan fingerprint density at radius 1 is 1.03 bits per heavy atom. The Morgan fingerprint density at radius 2 is 1.81 bits per heavy atom. The molecule has 2 saturated heterocycles. The molecule has 2 aromatic carbocycles. The highest BCUT2D eigenvalue weighted by atomic mass is 16.5. The number of benzene rings is 2. The molecule has 7 nitrogen and oxygen atoms in total. The highest BCUT2D eigenvalue weighted by molar-refractivity contribution is 5.99. The first kappa shape index (κ1) is 20.9. The smallest absolute Gasteiger partial charge is 0.246 e. The largest absolute Gasteiger partial charge is 0.497 e. The summed E-state index contributed by atoms with van der Waals surface area (Å²) in [6, 6.07) is 17.1. The van der Waals surface area contributed by atoms with E-state index in [1.165, 1.54) is 0 Å². The van der Waals surface area contributed by atoms with Crippen molar-refractivity contribution in [2.75, 3.05) is 38.2 Å². The van der Waals surface area contributed by atoms with E-state index in [4.69, 9.17) is 4.74 Å². The summed E-state index contributed by atoms with van der Waals surface area (Å²) in [6.45, 7) is 2.89. The lowest BCUT2D eigenvalue weighted by Gasteiger charge is -2.40. The van der Waals surface area contributed by atoms with Crippen molar-refractivity contribution in [1.82, 2.24) is 9.80 Å². The predicted molar refractivity (Wildman–Crippen MR) is 117 cm³/mol. The molecule has 0 saturated carbocycles. The zero-order valence-electron chi connectivity index (χ0n) is 17.9. The van der Waals surface area contributed by atoms with Crippen LogP contribution in [0, 0.1) is 0 Å². The Labute approximate surface area is 182 Å². The first-order chi connectivity index (χ1) is 15.0.